The molecule has 0 aliphatic heterocycles. The van der Waals surface area contributed by atoms with E-state index >= 15 is 0 Å². The molecule has 1 aromatic heterocycles. The molecular formula is C15H22N4O. The lowest BCUT2D eigenvalue weighted by Gasteiger charge is -2.17. The van der Waals surface area contributed by atoms with E-state index in [2.05, 4.69) is 28.5 Å². The Hall–Kier alpha value is -1.88. The van der Waals surface area contributed by atoms with Crippen LogP contribution in [0.3, 0.4) is 0 Å². The molecule has 1 heterocycles. The van der Waals surface area contributed by atoms with Crippen LogP contribution in [0, 0.1) is 0 Å². The van der Waals surface area contributed by atoms with Crippen molar-refractivity contribution in [3.8, 4) is 5.75 Å². The fourth-order valence-electron chi connectivity index (χ4n) is 2.06. The molecule has 0 aliphatic carbocycles. The maximum Gasteiger partial charge on any atom is 0.149 e. The van der Waals surface area contributed by atoms with Gasteiger partial charge in [-0.1, -0.05) is 18.2 Å². The summed E-state index contributed by atoms with van der Waals surface area (Å²) in [6, 6.07) is 8.23. The number of hydrogen-bond donors (Lipinski definition) is 1. The minimum Gasteiger partial charge on any atom is -0.491 e. The average Bonchev–Trinajstić information content (AvgIpc) is 2.83. The van der Waals surface area contributed by atoms with Crippen LogP contribution in [0.5, 0.6) is 5.75 Å². The molecule has 1 aromatic carbocycles. The van der Waals surface area contributed by atoms with Gasteiger partial charge in [-0.15, -0.1) is 10.2 Å². The highest BCUT2D eigenvalue weighted by Crippen LogP contribution is 2.20. The van der Waals surface area contributed by atoms with E-state index in [-0.39, 0.29) is 12.1 Å². The molecule has 0 saturated carbocycles. The minimum atomic E-state index is 0.134. The highest BCUT2D eigenvalue weighted by atomic mass is 16.5. The van der Waals surface area contributed by atoms with Crippen LogP contribution >= 0.6 is 0 Å². The first-order valence-electron chi connectivity index (χ1n) is 6.89. The van der Waals surface area contributed by atoms with Gasteiger partial charge in [0, 0.05) is 19.2 Å². The standard InChI is InChI=1S/C15H22N4O/c1-11(2)20-14-8-6-5-7-13(14)9-16-12(3)15-18-17-10-19(15)4/h5-8,10-12,16H,9H2,1-4H3. The Balaban J connectivity index is 2.02. The SMILES string of the molecule is CC(C)Oc1ccccc1CNC(C)c1nncn1C. The van der Waals surface area contributed by atoms with Crippen LogP contribution in [-0.2, 0) is 13.6 Å². The first-order valence-corrected chi connectivity index (χ1v) is 6.89. The Bertz CT molecular complexity index is 550. The Kier molecular flexibility index (Phi) is 4.74. The van der Waals surface area contributed by atoms with E-state index in [1.807, 2.05) is 43.7 Å². The molecule has 5 nitrogen and oxygen atoms in total. The summed E-state index contributed by atoms with van der Waals surface area (Å²) >= 11 is 0. The summed E-state index contributed by atoms with van der Waals surface area (Å²) in [4.78, 5) is 0. The molecule has 0 saturated heterocycles. The molecule has 0 fully saturated rings. The van der Waals surface area contributed by atoms with Gasteiger partial charge in [0.15, 0.2) is 0 Å². The summed E-state index contributed by atoms with van der Waals surface area (Å²) in [6.45, 7) is 6.88. The van der Waals surface area contributed by atoms with Gasteiger partial charge < -0.3 is 14.6 Å². The normalized spacial score (nSPS) is 12.7. The van der Waals surface area contributed by atoms with Crippen LogP contribution in [0.25, 0.3) is 0 Å². The van der Waals surface area contributed by atoms with Gasteiger partial charge in [0.2, 0.25) is 0 Å². The lowest BCUT2D eigenvalue weighted by atomic mass is 10.2. The summed E-state index contributed by atoms with van der Waals surface area (Å²) < 4.78 is 7.74. The second kappa shape index (κ2) is 6.52. The van der Waals surface area contributed by atoms with Crippen molar-refractivity contribution in [3.05, 3.63) is 42.0 Å². The van der Waals surface area contributed by atoms with Crippen molar-refractivity contribution in [1.82, 2.24) is 20.1 Å². The zero-order valence-corrected chi connectivity index (χ0v) is 12.5. The molecule has 1 atom stereocenters. The third kappa shape index (κ3) is 3.57. The largest absolute Gasteiger partial charge is 0.491 e. The van der Waals surface area contributed by atoms with Crippen molar-refractivity contribution in [1.29, 1.82) is 0 Å². The number of ether oxygens (including phenoxy) is 1. The average molecular weight is 274 g/mol. The van der Waals surface area contributed by atoms with Crippen molar-refractivity contribution in [2.75, 3.05) is 0 Å². The van der Waals surface area contributed by atoms with Gasteiger partial charge in [0.05, 0.1) is 12.1 Å². The van der Waals surface area contributed by atoms with E-state index < -0.39 is 0 Å². The summed E-state index contributed by atoms with van der Waals surface area (Å²) in [5.41, 5.74) is 1.15. The van der Waals surface area contributed by atoms with Crippen LogP contribution in [0.15, 0.2) is 30.6 Å². The second-order valence-electron chi connectivity index (χ2n) is 5.18. The van der Waals surface area contributed by atoms with Gasteiger partial charge in [-0.3, -0.25) is 0 Å². The van der Waals surface area contributed by atoms with E-state index in [0.29, 0.717) is 0 Å². The van der Waals surface area contributed by atoms with Crippen LogP contribution in [-0.4, -0.2) is 20.9 Å². The van der Waals surface area contributed by atoms with Crippen LogP contribution < -0.4 is 10.1 Å². The predicted octanol–water partition coefficient (Wildman–Crippen LogP) is 2.45. The van der Waals surface area contributed by atoms with E-state index in [4.69, 9.17) is 4.74 Å². The van der Waals surface area contributed by atoms with Crippen LogP contribution in [0.4, 0.5) is 0 Å². The molecule has 1 N–H and O–H groups in total. The van der Waals surface area contributed by atoms with E-state index in [0.717, 1.165) is 23.7 Å². The topological polar surface area (TPSA) is 52.0 Å². The van der Waals surface area contributed by atoms with E-state index in [1.165, 1.54) is 0 Å². The van der Waals surface area contributed by atoms with Crippen molar-refractivity contribution in [2.45, 2.75) is 39.5 Å². The van der Waals surface area contributed by atoms with Gasteiger partial charge in [-0.2, -0.15) is 0 Å². The fourth-order valence-corrected chi connectivity index (χ4v) is 2.06. The first kappa shape index (κ1) is 14.5. The molecule has 0 bridgehead atoms. The Morgan fingerprint density at radius 3 is 2.65 bits per heavy atom. The molecular weight excluding hydrogens is 252 g/mol. The number of aryl methyl sites for hydroxylation is 1. The highest BCUT2D eigenvalue weighted by molar-refractivity contribution is 5.33. The Labute approximate surface area is 120 Å². The highest BCUT2D eigenvalue weighted by Gasteiger charge is 2.12. The maximum absolute atomic E-state index is 5.82. The van der Waals surface area contributed by atoms with Gasteiger partial charge in [0.25, 0.3) is 0 Å². The maximum atomic E-state index is 5.82. The minimum absolute atomic E-state index is 0.134. The molecule has 5 heteroatoms. The molecule has 0 radical (unpaired) electrons. The molecule has 20 heavy (non-hydrogen) atoms. The third-order valence-electron chi connectivity index (χ3n) is 3.07. The number of aromatic nitrogens is 3. The number of para-hydroxylation sites is 1. The van der Waals surface area contributed by atoms with E-state index in [9.17, 15) is 0 Å². The van der Waals surface area contributed by atoms with E-state index in [1.54, 1.807) is 6.33 Å². The number of hydrogen-bond acceptors (Lipinski definition) is 4. The van der Waals surface area contributed by atoms with Crippen molar-refractivity contribution < 1.29 is 4.74 Å². The third-order valence-corrected chi connectivity index (χ3v) is 3.07. The number of benzene rings is 1. The molecule has 2 rings (SSSR count). The lowest BCUT2D eigenvalue weighted by molar-refractivity contribution is 0.239. The van der Waals surface area contributed by atoms with Crippen molar-refractivity contribution >= 4 is 0 Å². The van der Waals surface area contributed by atoms with Crippen LogP contribution in [0.1, 0.15) is 38.2 Å². The second-order valence-corrected chi connectivity index (χ2v) is 5.18. The number of nitrogens with zero attached hydrogens (tertiary/aromatic N) is 3. The molecule has 0 amide bonds. The van der Waals surface area contributed by atoms with Gasteiger partial charge in [-0.05, 0) is 26.8 Å². The number of rotatable bonds is 6. The molecule has 108 valence electrons. The molecule has 0 spiro atoms. The summed E-state index contributed by atoms with van der Waals surface area (Å²) in [7, 11) is 1.95. The smallest absolute Gasteiger partial charge is 0.149 e. The van der Waals surface area contributed by atoms with Crippen molar-refractivity contribution in [3.63, 3.8) is 0 Å². The fraction of sp³-hybridized carbons (Fsp3) is 0.467. The van der Waals surface area contributed by atoms with Gasteiger partial charge >= 0.3 is 0 Å². The summed E-state index contributed by atoms with van der Waals surface area (Å²) in [5.74, 6) is 1.85. The Morgan fingerprint density at radius 2 is 2.00 bits per heavy atom. The quantitative estimate of drug-likeness (QED) is 0.879. The lowest BCUT2D eigenvalue weighted by Crippen LogP contribution is -2.21. The molecule has 0 aliphatic rings. The van der Waals surface area contributed by atoms with Gasteiger partial charge in [0.1, 0.15) is 17.9 Å². The zero-order chi connectivity index (χ0) is 14.5. The summed E-state index contributed by atoms with van der Waals surface area (Å²) in [6.07, 6.45) is 1.89. The van der Waals surface area contributed by atoms with Gasteiger partial charge in [-0.25, -0.2) is 0 Å². The monoisotopic (exact) mass is 274 g/mol. The zero-order valence-electron chi connectivity index (χ0n) is 12.5. The van der Waals surface area contributed by atoms with Crippen LogP contribution in [0.2, 0.25) is 0 Å². The molecule has 1 unspecified atom stereocenters. The molecule has 2 aromatic rings. The number of nitrogens with one attached hydrogen (secondary N) is 1. The van der Waals surface area contributed by atoms with Crippen molar-refractivity contribution in [2.24, 2.45) is 7.05 Å². The predicted molar refractivity (Wildman–Crippen MR) is 78.5 cm³/mol. The summed E-state index contributed by atoms with van der Waals surface area (Å²) in [5, 5.41) is 11.5. The first-order chi connectivity index (χ1) is 9.58. The Morgan fingerprint density at radius 1 is 1.25 bits per heavy atom.